The van der Waals surface area contributed by atoms with E-state index in [1.807, 2.05) is 0 Å². The monoisotopic (exact) mass is 260 g/mol. The van der Waals surface area contributed by atoms with Gasteiger partial charge >= 0.3 is 108 Å². The standard InChI is InChI=1S/C3H6O3.Li.3Na.H3O4P/c1-2(4)3(5)6;;;;;1-5(2,3)4/h2,4H,1H3,(H,5,6);;;;;(H3,1,2,3,4)/q;4*+1;/p-4. The van der Waals surface area contributed by atoms with Crippen molar-refractivity contribution in [1.82, 2.24) is 0 Å². The number of carbonyl (C=O) groups excluding carboxylic acids is 1. The Balaban J connectivity index is -0.0000000215. The number of carboxylic acids is 1. The maximum Gasteiger partial charge on any atom is 1.00 e. The van der Waals surface area contributed by atoms with E-state index in [9.17, 15) is 9.90 Å². The fraction of sp³-hybridized carbons (Fsp3) is 0.667. The molecular weight excluding hydrogens is 255 g/mol. The third-order valence-electron chi connectivity index (χ3n) is 0.341. The van der Waals surface area contributed by atoms with Crippen molar-refractivity contribution in [3.05, 3.63) is 0 Å². The van der Waals surface area contributed by atoms with Crippen LogP contribution in [0.25, 0.3) is 0 Å². The molecule has 0 radical (unpaired) electrons. The SMILES string of the molecule is CC(O)C(=O)[O-].O=P([O-])([O-])[O-].[Li+].[Na+].[Na+].[Na+]. The van der Waals surface area contributed by atoms with E-state index in [0.29, 0.717) is 0 Å². The Hall–Kier alpha value is 3.14. The molecule has 0 aromatic heterocycles. The van der Waals surface area contributed by atoms with Crippen LogP contribution in [0.4, 0.5) is 0 Å². The van der Waals surface area contributed by atoms with Gasteiger partial charge in [0.15, 0.2) is 0 Å². The average Bonchev–Trinajstić information content (AvgIpc) is 1.59. The van der Waals surface area contributed by atoms with Crippen LogP contribution >= 0.6 is 7.82 Å². The maximum atomic E-state index is 9.34. The number of carboxylic acid groups (broad SMARTS) is 1. The molecule has 0 bridgehead atoms. The molecule has 1 unspecified atom stereocenters. The molecule has 0 heterocycles. The topological polar surface area (TPSA) is 147 Å². The Labute approximate surface area is 166 Å². The summed E-state index contributed by atoms with van der Waals surface area (Å²) in [5.74, 6) is -1.44. The van der Waals surface area contributed by atoms with Gasteiger partial charge in [0, 0.05) is 0 Å². The molecule has 12 heteroatoms. The maximum absolute atomic E-state index is 9.34. The molecule has 0 spiro atoms. The number of phosphoric acid groups is 1. The second-order valence-electron chi connectivity index (χ2n) is 1.44. The molecule has 0 amide bonds. The van der Waals surface area contributed by atoms with Crippen molar-refractivity contribution >= 4 is 13.8 Å². The number of aliphatic hydroxyl groups excluding tert-OH is 1. The minimum atomic E-state index is -5.39. The predicted molar refractivity (Wildman–Crippen MR) is 24.3 cm³/mol. The molecule has 1 N–H and O–H groups in total. The van der Waals surface area contributed by atoms with E-state index in [-0.39, 0.29) is 108 Å². The van der Waals surface area contributed by atoms with Crippen molar-refractivity contribution in [1.29, 1.82) is 0 Å². The summed E-state index contributed by atoms with van der Waals surface area (Å²) in [4.78, 5) is 35.0. The molecule has 0 aliphatic heterocycles. The molecule has 0 aliphatic carbocycles. The normalized spacial score (nSPS) is 9.40. The summed E-state index contributed by atoms with van der Waals surface area (Å²) in [6.07, 6.45) is -1.34. The van der Waals surface area contributed by atoms with Crippen LogP contribution in [0.3, 0.4) is 0 Å². The van der Waals surface area contributed by atoms with E-state index in [2.05, 4.69) is 0 Å². The van der Waals surface area contributed by atoms with Gasteiger partial charge in [-0.15, -0.1) is 0 Å². The first-order chi connectivity index (χ1) is 4.64. The van der Waals surface area contributed by atoms with Gasteiger partial charge in [-0.05, 0) is 6.92 Å². The van der Waals surface area contributed by atoms with Gasteiger partial charge in [-0.2, -0.15) is 7.82 Å². The van der Waals surface area contributed by atoms with Crippen molar-refractivity contribution in [2.45, 2.75) is 13.0 Å². The van der Waals surface area contributed by atoms with Crippen LogP contribution in [0.15, 0.2) is 0 Å². The van der Waals surface area contributed by atoms with Gasteiger partial charge in [0.25, 0.3) is 0 Å². The number of aliphatic hydroxyl groups is 1. The molecule has 15 heavy (non-hydrogen) atoms. The van der Waals surface area contributed by atoms with Gasteiger partial charge in [-0.1, -0.05) is 0 Å². The first kappa shape index (κ1) is 36.2. The van der Waals surface area contributed by atoms with E-state index in [0.717, 1.165) is 6.92 Å². The van der Waals surface area contributed by atoms with Gasteiger partial charge in [-0.25, -0.2) is 0 Å². The summed E-state index contributed by atoms with van der Waals surface area (Å²) in [6.45, 7) is 1.13. The van der Waals surface area contributed by atoms with Gasteiger partial charge in [0.2, 0.25) is 0 Å². The van der Waals surface area contributed by atoms with Gasteiger partial charge in [-0.3, -0.25) is 0 Å². The Bertz CT molecular complexity index is 165. The number of carbonyl (C=O) groups is 1. The molecular formula is C3H5LiNa3O7P. The van der Waals surface area contributed by atoms with E-state index in [1.165, 1.54) is 0 Å². The molecule has 0 saturated carbocycles. The van der Waals surface area contributed by atoms with Crippen LogP contribution in [0, 0.1) is 0 Å². The van der Waals surface area contributed by atoms with Crippen LogP contribution in [0.1, 0.15) is 6.92 Å². The quantitative estimate of drug-likeness (QED) is 0.363. The average molecular weight is 260 g/mol. The Morgan fingerprint density at radius 2 is 1.27 bits per heavy atom. The van der Waals surface area contributed by atoms with Crippen LogP contribution in [-0.4, -0.2) is 17.2 Å². The zero-order valence-corrected chi connectivity index (χ0v) is 16.3. The third-order valence-corrected chi connectivity index (χ3v) is 0.341. The van der Waals surface area contributed by atoms with Gasteiger partial charge < -0.3 is 34.3 Å². The molecule has 7 nitrogen and oxygen atoms in total. The predicted octanol–water partition coefficient (Wildman–Crippen LogP) is -16.7. The number of aliphatic carboxylic acids is 1. The Morgan fingerprint density at radius 3 is 1.27 bits per heavy atom. The van der Waals surface area contributed by atoms with Crippen LogP contribution in [-0.2, 0) is 9.36 Å². The van der Waals surface area contributed by atoms with Crippen molar-refractivity contribution < 1.29 is 142 Å². The van der Waals surface area contributed by atoms with Crippen LogP contribution < -0.4 is 127 Å². The van der Waals surface area contributed by atoms with E-state index in [1.54, 1.807) is 0 Å². The van der Waals surface area contributed by atoms with E-state index in [4.69, 9.17) is 24.4 Å². The first-order valence-electron chi connectivity index (χ1n) is 2.26. The Kier molecular flexibility index (Phi) is 46.9. The van der Waals surface area contributed by atoms with Crippen molar-refractivity contribution in [2.75, 3.05) is 0 Å². The number of rotatable bonds is 1. The molecule has 0 aliphatic rings. The zero-order valence-electron chi connectivity index (χ0n) is 9.42. The summed E-state index contributed by atoms with van der Waals surface area (Å²) in [5, 5.41) is 17.3. The second kappa shape index (κ2) is 19.5. The molecule has 0 rings (SSSR count). The molecule has 0 aromatic carbocycles. The van der Waals surface area contributed by atoms with Gasteiger partial charge in [0.1, 0.15) is 0 Å². The summed E-state index contributed by atoms with van der Waals surface area (Å²) in [5.41, 5.74) is 0. The fourth-order valence-corrected chi connectivity index (χ4v) is 0. The Morgan fingerprint density at radius 1 is 1.20 bits per heavy atom. The summed E-state index contributed by atoms with van der Waals surface area (Å²) in [7, 11) is -5.39. The number of hydrogen-bond acceptors (Lipinski definition) is 7. The number of hydrogen-bond donors (Lipinski definition) is 1. The fourth-order valence-electron chi connectivity index (χ4n) is 0. The molecule has 68 valence electrons. The molecule has 0 aromatic rings. The molecule has 0 fully saturated rings. The third kappa shape index (κ3) is 77.1. The largest absolute Gasteiger partial charge is 1.00 e. The van der Waals surface area contributed by atoms with Crippen LogP contribution in [0.5, 0.6) is 0 Å². The smallest absolute Gasteiger partial charge is 0.822 e. The summed E-state index contributed by atoms with van der Waals surface area (Å²) >= 11 is 0. The van der Waals surface area contributed by atoms with E-state index >= 15 is 0 Å². The van der Waals surface area contributed by atoms with Gasteiger partial charge in [0.05, 0.1) is 12.1 Å². The molecule has 0 saturated heterocycles. The molecule has 1 atom stereocenters. The second-order valence-corrected chi connectivity index (χ2v) is 2.34. The van der Waals surface area contributed by atoms with Crippen molar-refractivity contribution in [3.8, 4) is 0 Å². The van der Waals surface area contributed by atoms with E-state index < -0.39 is 19.9 Å². The van der Waals surface area contributed by atoms with Crippen molar-refractivity contribution in [3.63, 3.8) is 0 Å². The minimum absolute atomic E-state index is 0. The first-order valence-corrected chi connectivity index (χ1v) is 3.72. The summed E-state index contributed by atoms with van der Waals surface area (Å²) in [6, 6.07) is 0. The zero-order chi connectivity index (χ0) is 9.65. The van der Waals surface area contributed by atoms with Crippen molar-refractivity contribution in [2.24, 2.45) is 0 Å². The van der Waals surface area contributed by atoms with Crippen LogP contribution in [0.2, 0.25) is 0 Å². The summed E-state index contributed by atoms with van der Waals surface area (Å²) < 4.78 is 8.55. The minimum Gasteiger partial charge on any atom is -0.822 e.